The van der Waals surface area contributed by atoms with Gasteiger partial charge in [0, 0.05) is 16.6 Å². The van der Waals surface area contributed by atoms with Gasteiger partial charge in [0.2, 0.25) is 5.12 Å². The Balaban J connectivity index is 1.96. The first kappa shape index (κ1) is 14.5. The first-order chi connectivity index (χ1) is 9.54. The molecular weight excluding hydrogens is 270 g/mol. The van der Waals surface area contributed by atoms with Gasteiger partial charge in [-0.25, -0.2) is 0 Å². The van der Waals surface area contributed by atoms with E-state index in [9.17, 15) is 4.79 Å². The Hall–Kier alpha value is -1.94. The summed E-state index contributed by atoms with van der Waals surface area (Å²) >= 11 is 1.19. The summed E-state index contributed by atoms with van der Waals surface area (Å²) in [5, 5.41) is -0.0312. The van der Waals surface area contributed by atoms with Crippen molar-refractivity contribution in [3.63, 3.8) is 0 Å². The van der Waals surface area contributed by atoms with E-state index in [0.29, 0.717) is 11.4 Å². The number of aryl methyl sites for hydroxylation is 1. The van der Waals surface area contributed by atoms with Gasteiger partial charge in [0.15, 0.2) is 6.10 Å². The van der Waals surface area contributed by atoms with Gasteiger partial charge in [0.05, 0.1) is 0 Å². The van der Waals surface area contributed by atoms with Crippen molar-refractivity contribution in [2.24, 2.45) is 0 Å². The third kappa shape index (κ3) is 4.03. The maximum Gasteiger partial charge on any atom is 0.233 e. The monoisotopic (exact) mass is 287 g/mol. The van der Waals surface area contributed by atoms with Gasteiger partial charge in [0.25, 0.3) is 0 Å². The van der Waals surface area contributed by atoms with Crippen molar-refractivity contribution in [2.75, 3.05) is 5.73 Å². The number of carbonyl (C=O) groups excluding carboxylic acids is 1. The number of hydrogen-bond donors (Lipinski definition) is 1. The highest BCUT2D eigenvalue weighted by molar-refractivity contribution is 8.13. The van der Waals surface area contributed by atoms with Crippen LogP contribution in [-0.4, -0.2) is 11.2 Å². The number of benzene rings is 2. The highest BCUT2D eigenvalue weighted by Crippen LogP contribution is 2.23. The lowest BCUT2D eigenvalue weighted by molar-refractivity contribution is -0.116. The zero-order chi connectivity index (χ0) is 14.5. The number of nitrogen functional groups attached to an aromatic ring is 1. The Morgan fingerprint density at radius 1 is 1.20 bits per heavy atom. The van der Waals surface area contributed by atoms with Crippen LogP contribution in [0, 0.1) is 6.92 Å². The van der Waals surface area contributed by atoms with Gasteiger partial charge in [-0.2, -0.15) is 0 Å². The minimum absolute atomic E-state index is 0.0312. The van der Waals surface area contributed by atoms with Crippen LogP contribution in [0.3, 0.4) is 0 Å². The van der Waals surface area contributed by atoms with Gasteiger partial charge in [-0.05, 0) is 49.9 Å². The predicted molar refractivity (Wildman–Crippen MR) is 83.0 cm³/mol. The molecule has 0 saturated carbocycles. The zero-order valence-corrected chi connectivity index (χ0v) is 12.3. The van der Waals surface area contributed by atoms with Gasteiger partial charge < -0.3 is 10.5 Å². The molecule has 0 unspecified atom stereocenters. The lowest BCUT2D eigenvalue weighted by atomic mass is 10.2. The molecule has 104 valence electrons. The molecule has 2 aromatic rings. The van der Waals surface area contributed by atoms with E-state index in [-0.39, 0.29) is 5.12 Å². The Morgan fingerprint density at radius 3 is 2.55 bits per heavy atom. The third-order valence-corrected chi connectivity index (χ3v) is 3.78. The molecule has 0 saturated heterocycles. The minimum atomic E-state index is -0.525. The van der Waals surface area contributed by atoms with E-state index >= 15 is 0 Å². The van der Waals surface area contributed by atoms with Crippen molar-refractivity contribution < 1.29 is 9.53 Å². The average molecular weight is 287 g/mol. The molecule has 0 aliphatic heterocycles. The van der Waals surface area contributed by atoms with Gasteiger partial charge in [0.1, 0.15) is 5.75 Å². The molecule has 0 radical (unpaired) electrons. The lowest BCUT2D eigenvalue weighted by Gasteiger charge is -2.13. The van der Waals surface area contributed by atoms with Crippen LogP contribution < -0.4 is 10.5 Å². The second kappa shape index (κ2) is 6.48. The van der Waals surface area contributed by atoms with E-state index in [4.69, 9.17) is 10.5 Å². The molecule has 4 heteroatoms. The average Bonchev–Trinajstić information content (AvgIpc) is 2.41. The van der Waals surface area contributed by atoms with Crippen LogP contribution in [0.1, 0.15) is 12.5 Å². The maximum atomic E-state index is 12.1. The number of hydrogen-bond acceptors (Lipinski definition) is 4. The van der Waals surface area contributed by atoms with Crippen molar-refractivity contribution in [1.29, 1.82) is 0 Å². The molecule has 0 aliphatic carbocycles. The van der Waals surface area contributed by atoms with Crippen molar-refractivity contribution in [3.8, 4) is 5.75 Å². The summed E-state index contributed by atoms with van der Waals surface area (Å²) in [4.78, 5) is 13.0. The summed E-state index contributed by atoms with van der Waals surface area (Å²) in [5.74, 6) is 0.607. The number of nitrogens with two attached hydrogens (primary N) is 1. The quantitative estimate of drug-likeness (QED) is 0.688. The molecule has 3 nitrogen and oxygen atoms in total. The molecular formula is C16H17NO2S. The van der Waals surface area contributed by atoms with E-state index in [2.05, 4.69) is 0 Å². The Kier molecular flexibility index (Phi) is 4.69. The number of rotatable bonds is 4. The van der Waals surface area contributed by atoms with Crippen molar-refractivity contribution in [3.05, 3.63) is 54.1 Å². The fourth-order valence-electron chi connectivity index (χ4n) is 1.65. The van der Waals surface area contributed by atoms with E-state index in [1.165, 1.54) is 17.3 Å². The largest absolute Gasteiger partial charge is 0.482 e. The fourth-order valence-corrected chi connectivity index (χ4v) is 2.36. The second-order valence-corrected chi connectivity index (χ2v) is 5.64. The first-order valence-electron chi connectivity index (χ1n) is 6.35. The van der Waals surface area contributed by atoms with Crippen molar-refractivity contribution in [2.45, 2.75) is 24.8 Å². The van der Waals surface area contributed by atoms with Crippen LogP contribution in [-0.2, 0) is 4.79 Å². The topological polar surface area (TPSA) is 52.3 Å². The van der Waals surface area contributed by atoms with Crippen LogP contribution in [0.15, 0.2) is 53.4 Å². The molecule has 20 heavy (non-hydrogen) atoms. The predicted octanol–water partition coefficient (Wildman–Crippen LogP) is 3.66. The number of thioether (sulfide) groups is 1. The van der Waals surface area contributed by atoms with Crippen molar-refractivity contribution in [1.82, 2.24) is 0 Å². The summed E-state index contributed by atoms with van der Waals surface area (Å²) < 4.78 is 5.60. The highest BCUT2D eigenvalue weighted by atomic mass is 32.2. The molecule has 2 N–H and O–H groups in total. The summed E-state index contributed by atoms with van der Waals surface area (Å²) in [6, 6.07) is 14.9. The Bertz CT molecular complexity index is 596. The maximum absolute atomic E-state index is 12.1. The van der Waals surface area contributed by atoms with Crippen LogP contribution in [0.2, 0.25) is 0 Å². The molecule has 2 aromatic carbocycles. The Labute approximate surface area is 123 Å². The molecule has 0 amide bonds. The van der Waals surface area contributed by atoms with Gasteiger partial charge in [-0.15, -0.1) is 0 Å². The van der Waals surface area contributed by atoms with Crippen LogP contribution >= 0.6 is 11.8 Å². The van der Waals surface area contributed by atoms with Gasteiger partial charge in [-0.3, -0.25) is 4.79 Å². The van der Waals surface area contributed by atoms with Crippen LogP contribution in [0.5, 0.6) is 5.75 Å². The number of anilines is 1. The number of ether oxygens (including phenoxy) is 1. The fraction of sp³-hybridized carbons (Fsp3) is 0.188. The van der Waals surface area contributed by atoms with E-state index < -0.39 is 6.10 Å². The molecule has 0 fully saturated rings. The smallest absolute Gasteiger partial charge is 0.233 e. The van der Waals surface area contributed by atoms with Gasteiger partial charge in [-0.1, -0.05) is 23.8 Å². The lowest BCUT2D eigenvalue weighted by Crippen LogP contribution is -2.20. The standard InChI is InChI=1S/C16H17NO2S/c1-11-6-8-15(9-7-11)20-16(18)12(2)19-14-5-3-4-13(17)10-14/h3-10,12H,17H2,1-2H3/t12-/m0/s1. The third-order valence-electron chi connectivity index (χ3n) is 2.74. The van der Waals surface area contributed by atoms with Crippen LogP contribution in [0.4, 0.5) is 5.69 Å². The van der Waals surface area contributed by atoms with Gasteiger partial charge >= 0.3 is 0 Å². The van der Waals surface area contributed by atoms with Crippen LogP contribution in [0.25, 0.3) is 0 Å². The highest BCUT2D eigenvalue weighted by Gasteiger charge is 2.16. The molecule has 0 spiro atoms. The SMILES string of the molecule is Cc1ccc(SC(=O)[C@H](C)Oc2cccc(N)c2)cc1. The number of carbonyl (C=O) groups is 1. The molecule has 0 aromatic heterocycles. The molecule has 0 heterocycles. The van der Waals surface area contributed by atoms with E-state index in [1.54, 1.807) is 31.2 Å². The van der Waals surface area contributed by atoms with E-state index in [1.807, 2.05) is 31.2 Å². The minimum Gasteiger partial charge on any atom is -0.482 e. The molecule has 0 bridgehead atoms. The zero-order valence-electron chi connectivity index (χ0n) is 11.5. The summed E-state index contributed by atoms with van der Waals surface area (Å²) in [6.07, 6.45) is -0.525. The molecule has 1 atom stereocenters. The van der Waals surface area contributed by atoms with Crippen molar-refractivity contribution >= 4 is 22.6 Å². The molecule has 2 rings (SSSR count). The first-order valence-corrected chi connectivity index (χ1v) is 7.17. The summed E-state index contributed by atoms with van der Waals surface area (Å²) in [5.41, 5.74) is 7.47. The molecule has 0 aliphatic rings. The second-order valence-electron chi connectivity index (χ2n) is 4.57. The Morgan fingerprint density at radius 2 is 1.90 bits per heavy atom. The summed E-state index contributed by atoms with van der Waals surface area (Å²) in [7, 11) is 0. The van der Waals surface area contributed by atoms with E-state index in [0.717, 1.165) is 4.90 Å². The summed E-state index contributed by atoms with van der Waals surface area (Å²) in [6.45, 7) is 3.76. The normalized spacial score (nSPS) is 11.9.